The fourth-order valence-corrected chi connectivity index (χ4v) is 2.67. The quantitative estimate of drug-likeness (QED) is 0.489. The van der Waals surface area contributed by atoms with Gasteiger partial charge in [-0.3, -0.25) is 9.59 Å². The zero-order valence-electron chi connectivity index (χ0n) is 15.0. The largest absolute Gasteiger partial charge is 0.507 e. The molecule has 0 fully saturated rings. The molecule has 0 spiro atoms. The van der Waals surface area contributed by atoms with Crippen LogP contribution in [0, 0.1) is 0 Å². The summed E-state index contributed by atoms with van der Waals surface area (Å²) >= 11 is 0. The summed E-state index contributed by atoms with van der Waals surface area (Å²) in [6.07, 6.45) is 0. The summed E-state index contributed by atoms with van der Waals surface area (Å²) in [4.78, 5) is 23.4. The number of anilines is 1. The third-order valence-electron chi connectivity index (χ3n) is 4.06. The van der Waals surface area contributed by atoms with Crippen LogP contribution in [0.2, 0.25) is 0 Å². The van der Waals surface area contributed by atoms with E-state index >= 15 is 0 Å². The zero-order valence-corrected chi connectivity index (χ0v) is 15.0. The first kappa shape index (κ1) is 18.1. The Hall–Kier alpha value is -3.67. The number of rotatable bonds is 4. The second-order valence-electron chi connectivity index (χ2n) is 6.11. The molecule has 0 aliphatic heterocycles. The number of hydrazone groups is 1. The van der Waals surface area contributed by atoms with Crippen molar-refractivity contribution in [3.63, 3.8) is 0 Å². The van der Waals surface area contributed by atoms with Crippen LogP contribution in [0.4, 0.5) is 5.69 Å². The van der Waals surface area contributed by atoms with Crippen molar-refractivity contribution in [2.75, 3.05) is 5.32 Å². The number of carbonyl (C=O) groups excluding carboxylic acids is 2. The van der Waals surface area contributed by atoms with Gasteiger partial charge in [0.25, 0.3) is 5.91 Å². The molecule has 136 valence electrons. The van der Waals surface area contributed by atoms with Crippen LogP contribution in [0.5, 0.6) is 5.75 Å². The van der Waals surface area contributed by atoms with E-state index in [0.29, 0.717) is 11.4 Å². The Morgan fingerprint density at radius 3 is 2.19 bits per heavy atom. The smallest absolute Gasteiger partial charge is 0.275 e. The molecule has 0 bridgehead atoms. The Kier molecular flexibility index (Phi) is 5.17. The van der Waals surface area contributed by atoms with Crippen molar-refractivity contribution in [2.45, 2.75) is 13.8 Å². The highest BCUT2D eigenvalue weighted by Gasteiger charge is 2.12. The van der Waals surface area contributed by atoms with Crippen LogP contribution < -0.4 is 10.7 Å². The van der Waals surface area contributed by atoms with Crippen LogP contribution >= 0.6 is 0 Å². The molecule has 6 nitrogen and oxygen atoms in total. The summed E-state index contributed by atoms with van der Waals surface area (Å²) in [5.41, 5.74) is 4.71. The summed E-state index contributed by atoms with van der Waals surface area (Å²) < 4.78 is 0. The van der Waals surface area contributed by atoms with E-state index in [2.05, 4.69) is 15.8 Å². The van der Waals surface area contributed by atoms with Crippen LogP contribution in [0.15, 0.2) is 65.8 Å². The summed E-state index contributed by atoms with van der Waals surface area (Å²) in [7, 11) is 0. The van der Waals surface area contributed by atoms with E-state index in [9.17, 15) is 14.7 Å². The number of nitrogens with zero attached hydrogens (tertiary/aromatic N) is 1. The van der Waals surface area contributed by atoms with Gasteiger partial charge in [0.1, 0.15) is 5.75 Å². The monoisotopic (exact) mass is 361 g/mol. The van der Waals surface area contributed by atoms with Crippen molar-refractivity contribution in [2.24, 2.45) is 5.10 Å². The van der Waals surface area contributed by atoms with Gasteiger partial charge in [0.2, 0.25) is 5.91 Å². The molecule has 0 radical (unpaired) electrons. The first-order valence-corrected chi connectivity index (χ1v) is 8.38. The third-order valence-corrected chi connectivity index (χ3v) is 4.06. The second-order valence-corrected chi connectivity index (χ2v) is 6.11. The molecule has 0 saturated heterocycles. The SMILES string of the molecule is CC(=O)Nc1ccc(/C(C)=N\NC(=O)c2cc3ccccc3cc2O)cc1. The fourth-order valence-electron chi connectivity index (χ4n) is 2.67. The molecule has 0 atom stereocenters. The standard InChI is InChI=1S/C21H19N3O3/c1-13(15-7-9-18(10-8-15)22-14(2)25)23-24-21(27)19-11-16-5-3-4-6-17(16)12-20(19)26/h3-12,26H,1-2H3,(H,22,25)(H,24,27)/b23-13-. The van der Waals surface area contributed by atoms with Crippen molar-refractivity contribution in [1.29, 1.82) is 0 Å². The average molecular weight is 361 g/mol. The predicted molar refractivity (Wildman–Crippen MR) is 106 cm³/mol. The van der Waals surface area contributed by atoms with Crippen LogP contribution in [-0.2, 0) is 4.79 Å². The molecule has 3 rings (SSSR count). The van der Waals surface area contributed by atoms with Crippen LogP contribution in [0.1, 0.15) is 29.8 Å². The normalized spacial score (nSPS) is 11.3. The number of benzene rings is 3. The first-order valence-electron chi connectivity index (χ1n) is 8.38. The molecule has 3 aromatic carbocycles. The topological polar surface area (TPSA) is 90.8 Å². The zero-order chi connectivity index (χ0) is 19.4. The fraction of sp³-hybridized carbons (Fsp3) is 0.0952. The van der Waals surface area contributed by atoms with E-state index in [1.807, 2.05) is 24.3 Å². The van der Waals surface area contributed by atoms with E-state index in [1.165, 1.54) is 6.92 Å². The Bertz CT molecular complexity index is 1040. The van der Waals surface area contributed by atoms with Gasteiger partial charge in [-0.1, -0.05) is 36.4 Å². The van der Waals surface area contributed by atoms with Gasteiger partial charge in [-0.05, 0) is 47.5 Å². The van der Waals surface area contributed by atoms with Gasteiger partial charge in [0.05, 0.1) is 11.3 Å². The molecule has 2 amide bonds. The van der Waals surface area contributed by atoms with Gasteiger partial charge in [-0.2, -0.15) is 5.10 Å². The second kappa shape index (κ2) is 7.70. The number of nitrogens with one attached hydrogen (secondary N) is 2. The van der Waals surface area contributed by atoms with Crippen LogP contribution in [-0.4, -0.2) is 22.6 Å². The highest BCUT2D eigenvalue weighted by atomic mass is 16.3. The number of fused-ring (bicyclic) bond motifs is 1. The number of carbonyl (C=O) groups is 2. The number of hydrogen-bond donors (Lipinski definition) is 3. The Balaban J connectivity index is 1.75. The van der Waals surface area contributed by atoms with E-state index in [0.717, 1.165) is 16.3 Å². The number of phenols is 1. The van der Waals surface area contributed by atoms with Crippen molar-refractivity contribution >= 4 is 34.0 Å². The number of hydrogen-bond acceptors (Lipinski definition) is 4. The maximum absolute atomic E-state index is 12.4. The van der Waals surface area contributed by atoms with Gasteiger partial charge >= 0.3 is 0 Å². The minimum atomic E-state index is -0.493. The van der Waals surface area contributed by atoms with Gasteiger partial charge in [-0.25, -0.2) is 5.43 Å². The number of phenolic OH excluding ortho intramolecular Hbond substituents is 1. The molecule has 6 heteroatoms. The minimum absolute atomic E-state index is 0.0984. The Morgan fingerprint density at radius 2 is 1.56 bits per heavy atom. The molecular weight excluding hydrogens is 342 g/mol. The summed E-state index contributed by atoms with van der Waals surface area (Å²) in [5.74, 6) is -0.734. The third kappa shape index (κ3) is 4.30. The van der Waals surface area contributed by atoms with E-state index in [1.54, 1.807) is 43.3 Å². The van der Waals surface area contributed by atoms with E-state index < -0.39 is 5.91 Å². The van der Waals surface area contributed by atoms with Gasteiger partial charge < -0.3 is 10.4 Å². The Morgan fingerprint density at radius 1 is 0.926 bits per heavy atom. The molecular formula is C21H19N3O3. The van der Waals surface area contributed by atoms with Gasteiger partial charge in [-0.15, -0.1) is 0 Å². The van der Waals surface area contributed by atoms with E-state index in [-0.39, 0.29) is 17.2 Å². The lowest BCUT2D eigenvalue weighted by Crippen LogP contribution is -2.19. The number of aromatic hydroxyl groups is 1. The minimum Gasteiger partial charge on any atom is -0.507 e. The van der Waals surface area contributed by atoms with Crippen molar-refractivity contribution in [3.8, 4) is 5.75 Å². The van der Waals surface area contributed by atoms with E-state index in [4.69, 9.17) is 0 Å². The molecule has 0 aliphatic rings. The lowest BCUT2D eigenvalue weighted by Gasteiger charge is -2.07. The average Bonchev–Trinajstić information content (AvgIpc) is 2.65. The lowest BCUT2D eigenvalue weighted by atomic mass is 10.1. The molecule has 0 heterocycles. The molecule has 3 aromatic rings. The van der Waals surface area contributed by atoms with Crippen LogP contribution in [0.25, 0.3) is 10.8 Å². The lowest BCUT2D eigenvalue weighted by molar-refractivity contribution is -0.114. The number of amides is 2. The molecule has 0 unspecified atom stereocenters. The molecule has 0 aliphatic carbocycles. The molecule has 0 aromatic heterocycles. The predicted octanol–water partition coefficient (Wildman–Crippen LogP) is 3.66. The summed E-state index contributed by atoms with van der Waals surface area (Å²) in [5, 5.41) is 18.6. The van der Waals surface area contributed by atoms with Gasteiger partial charge in [0, 0.05) is 12.6 Å². The molecule has 27 heavy (non-hydrogen) atoms. The van der Waals surface area contributed by atoms with Crippen molar-refractivity contribution < 1.29 is 14.7 Å². The van der Waals surface area contributed by atoms with Crippen molar-refractivity contribution in [1.82, 2.24) is 5.43 Å². The maximum Gasteiger partial charge on any atom is 0.275 e. The van der Waals surface area contributed by atoms with Gasteiger partial charge in [0.15, 0.2) is 0 Å². The van der Waals surface area contributed by atoms with Crippen molar-refractivity contribution in [3.05, 3.63) is 71.8 Å². The highest BCUT2D eigenvalue weighted by Crippen LogP contribution is 2.24. The van der Waals surface area contributed by atoms with Crippen LogP contribution in [0.3, 0.4) is 0 Å². The summed E-state index contributed by atoms with van der Waals surface area (Å²) in [6, 6.07) is 17.8. The Labute approximate surface area is 156 Å². The molecule has 3 N–H and O–H groups in total. The molecule has 0 saturated carbocycles. The maximum atomic E-state index is 12.4. The highest BCUT2D eigenvalue weighted by molar-refractivity contribution is 6.04. The first-order chi connectivity index (χ1) is 12.9. The summed E-state index contributed by atoms with van der Waals surface area (Å²) in [6.45, 7) is 3.20.